The standard InChI is InChI=1S/C22H22N4O7S2/c1-32-12-4-2-11(3-5-12)14-15-16(19(29)26(18(15)28)21(23)30)34-20-17(14)35-22(31)25(20)10-13(27)24-6-8-33-9-7-24/h2-5,14-16H,6-10H2,1H3,(H2,23,30). The van der Waals surface area contributed by atoms with Crippen molar-refractivity contribution in [3.05, 3.63) is 44.4 Å². The number of amides is 5. The van der Waals surface area contributed by atoms with Crippen LogP contribution < -0.4 is 15.3 Å². The predicted molar refractivity (Wildman–Crippen MR) is 125 cm³/mol. The Balaban J connectivity index is 1.59. The number of rotatable bonds is 4. The van der Waals surface area contributed by atoms with E-state index in [0.29, 0.717) is 52.4 Å². The SMILES string of the molecule is COc1ccc(C2c3sc(=O)n(CC(=O)N4CCOCC4)c3SC3C(=O)N(C(N)=O)C(=O)C32)cc1. The zero-order valence-corrected chi connectivity index (χ0v) is 20.3. The third-order valence-corrected chi connectivity index (χ3v) is 9.01. The van der Waals surface area contributed by atoms with Crippen LogP contribution in [0.1, 0.15) is 16.4 Å². The zero-order chi connectivity index (χ0) is 24.9. The average molecular weight is 519 g/mol. The number of thiazole rings is 1. The molecule has 1 aromatic carbocycles. The highest BCUT2D eigenvalue weighted by molar-refractivity contribution is 8.00. The summed E-state index contributed by atoms with van der Waals surface area (Å²) in [7, 11) is 1.53. The first-order valence-corrected chi connectivity index (χ1v) is 12.6. The van der Waals surface area contributed by atoms with Gasteiger partial charge in [0, 0.05) is 23.9 Å². The molecule has 4 heterocycles. The number of imide groups is 3. The molecular weight excluding hydrogens is 496 g/mol. The van der Waals surface area contributed by atoms with E-state index in [1.165, 1.54) is 11.7 Å². The van der Waals surface area contributed by atoms with E-state index in [-0.39, 0.29) is 17.3 Å². The van der Waals surface area contributed by atoms with Gasteiger partial charge in [-0.15, -0.1) is 0 Å². The third kappa shape index (κ3) is 3.93. The molecular formula is C22H22N4O7S2. The first kappa shape index (κ1) is 23.6. The van der Waals surface area contributed by atoms with E-state index >= 15 is 0 Å². The fourth-order valence-electron chi connectivity index (χ4n) is 4.69. The average Bonchev–Trinajstić information content (AvgIpc) is 3.30. The van der Waals surface area contributed by atoms with Gasteiger partial charge in [0.05, 0.1) is 31.3 Å². The Bertz CT molecular complexity index is 1270. The molecule has 5 rings (SSSR count). The molecule has 35 heavy (non-hydrogen) atoms. The second-order valence-corrected chi connectivity index (χ2v) is 10.4. The van der Waals surface area contributed by atoms with Crippen LogP contribution in [0.2, 0.25) is 0 Å². The van der Waals surface area contributed by atoms with Gasteiger partial charge in [-0.3, -0.25) is 23.7 Å². The Morgan fingerprint density at radius 1 is 1.11 bits per heavy atom. The fourth-order valence-corrected chi connectivity index (χ4v) is 7.46. The highest BCUT2D eigenvalue weighted by Gasteiger charge is 2.57. The lowest BCUT2D eigenvalue weighted by Crippen LogP contribution is -2.43. The number of fused-ring (bicyclic) bond motifs is 2. The summed E-state index contributed by atoms with van der Waals surface area (Å²) in [4.78, 5) is 66.5. The molecule has 13 heteroatoms. The van der Waals surface area contributed by atoms with Gasteiger partial charge in [-0.2, -0.15) is 4.90 Å². The summed E-state index contributed by atoms with van der Waals surface area (Å²) < 4.78 is 11.9. The van der Waals surface area contributed by atoms with Gasteiger partial charge in [-0.25, -0.2) is 4.79 Å². The summed E-state index contributed by atoms with van der Waals surface area (Å²) in [6.45, 7) is 1.55. The van der Waals surface area contributed by atoms with Crippen LogP contribution in [-0.4, -0.2) is 76.8 Å². The zero-order valence-electron chi connectivity index (χ0n) is 18.7. The molecule has 184 valence electrons. The lowest BCUT2D eigenvalue weighted by atomic mass is 9.83. The highest BCUT2D eigenvalue weighted by atomic mass is 32.2. The number of benzene rings is 1. The maximum atomic E-state index is 13.2. The topological polar surface area (TPSA) is 141 Å². The van der Waals surface area contributed by atoms with Gasteiger partial charge in [-0.1, -0.05) is 35.2 Å². The van der Waals surface area contributed by atoms with Crippen LogP contribution in [-0.2, 0) is 25.7 Å². The highest BCUT2D eigenvalue weighted by Crippen LogP contribution is 2.53. The number of nitrogens with two attached hydrogens (primary N) is 1. The number of aromatic nitrogens is 1. The van der Waals surface area contributed by atoms with Crippen molar-refractivity contribution >= 4 is 46.9 Å². The monoisotopic (exact) mass is 518 g/mol. The van der Waals surface area contributed by atoms with Crippen molar-refractivity contribution in [3.8, 4) is 5.75 Å². The van der Waals surface area contributed by atoms with Gasteiger partial charge >= 0.3 is 10.9 Å². The van der Waals surface area contributed by atoms with Crippen LogP contribution >= 0.6 is 23.1 Å². The molecule has 3 unspecified atom stereocenters. The Morgan fingerprint density at radius 3 is 2.43 bits per heavy atom. The van der Waals surface area contributed by atoms with E-state index in [1.54, 1.807) is 29.2 Å². The number of ether oxygens (including phenoxy) is 2. The number of nitrogens with zero attached hydrogens (tertiary/aromatic N) is 3. The van der Waals surface area contributed by atoms with Crippen molar-refractivity contribution in [2.75, 3.05) is 33.4 Å². The summed E-state index contributed by atoms with van der Waals surface area (Å²) in [5.41, 5.74) is 6.03. The number of likely N-dealkylation sites (tertiary alicyclic amines) is 1. The summed E-state index contributed by atoms with van der Waals surface area (Å²) >= 11 is 1.98. The van der Waals surface area contributed by atoms with Crippen molar-refractivity contribution in [2.24, 2.45) is 11.7 Å². The predicted octanol–water partition coefficient (Wildman–Crippen LogP) is 0.447. The molecule has 0 spiro atoms. The largest absolute Gasteiger partial charge is 0.497 e. The first-order chi connectivity index (χ1) is 16.8. The van der Waals surface area contributed by atoms with E-state index in [2.05, 4.69) is 0 Å². The molecule has 0 saturated carbocycles. The Hall–Kier alpha value is -3.16. The molecule has 3 aliphatic heterocycles. The normalized spacial score (nSPS) is 23.7. The number of thioether (sulfide) groups is 1. The van der Waals surface area contributed by atoms with Crippen molar-refractivity contribution in [1.82, 2.24) is 14.4 Å². The van der Waals surface area contributed by atoms with Gasteiger partial charge in [0.1, 0.15) is 17.5 Å². The van der Waals surface area contributed by atoms with Crippen molar-refractivity contribution in [1.29, 1.82) is 0 Å². The molecule has 0 aliphatic carbocycles. The molecule has 5 amide bonds. The van der Waals surface area contributed by atoms with E-state index in [4.69, 9.17) is 15.2 Å². The summed E-state index contributed by atoms with van der Waals surface area (Å²) in [6.07, 6.45) is 0. The van der Waals surface area contributed by atoms with Crippen molar-refractivity contribution < 1.29 is 28.7 Å². The number of morpholine rings is 1. The summed E-state index contributed by atoms with van der Waals surface area (Å²) in [6, 6.07) is 5.84. The number of urea groups is 1. The van der Waals surface area contributed by atoms with Gasteiger partial charge in [-0.05, 0) is 17.7 Å². The second kappa shape index (κ2) is 9.13. The lowest BCUT2D eigenvalue weighted by molar-refractivity contribution is -0.137. The summed E-state index contributed by atoms with van der Waals surface area (Å²) in [5, 5.41) is -0.496. The van der Waals surface area contributed by atoms with Gasteiger partial charge in [0.15, 0.2) is 0 Å². The quantitative estimate of drug-likeness (QED) is 0.575. The molecule has 1 aromatic heterocycles. The Kier molecular flexibility index (Phi) is 6.15. The molecule has 0 radical (unpaired) electrons. The number of carbonyl (C=O) groups excluding carboxylic acids is 4. The Labute approximate surface area is 207 Å². The minimum absolute atomic E-state index is 0.188. The van der Waals surface area contributed by atoms with Crippen LogP contribution in [0.25, 0.3) is 0 Å². The smallest absolute Gasteiger partial charge is 0.328 e. The number of carbonyl (C=O) groups is 4. The number of hydrogen-bond acceptors (Lipinski definition) is 9. The van der Waals surface area contributed by atoms with E-state index < -0.39 is 34.9 Å². The van der Waals surface area contributed by atoms with E-state index in [1.807, 2.05) is 0 Å². The number of hydrogen-bond donors (Lipinski definition) is 1. The van der Waals surface area contributed by atoms with E-state index in [0.717, 1.165) is 23.1 Å². The van der Waals surface area contributed by atoms with Gasteiger partial charge < -0.3 is 20.1 Å². The number of methoxy groups -OCH3 is 1. The van der Waals surface area contributed by atoms with Crippen molar-refractivity contribution in [3.63, 3.8) is 0 Å². The molecule has 3 aliphatic rings. The molecule has 11 nitrogen and oxygen atoms in total. The van der Waals surface area contributed by atoms with Crippen LogP contribution in [0.3, 0.4) is 0 Å². The summed E-state index contributed by atoms with van der Waals surface area (Å²) in [5.74, 6) is -2.62. The molecule has 2 N–H and O–H groups in total. The van der Waals surface area contributed by atoms with Crippen LogP contribution in [0.5, 0.6) is 5.75 Å². The van der Waals surface area contributed by atoms with Crippen molar-refractivity contribution in [2.45, 2.75) is 22.7 Å². The van der Waals surface area contributed by atoms with E-state index in [9.17, 15) is 24.0 Å². The molecule has 2 aromatic rings. The maximum absolute atomic E-state index is 13.2. The van der Waals surface area contributed by atoms with Crippen LogP contribution in [0.15, 0.2) is 34.1 Å². The van der Waals surface area contributed by atoms with Crippen LogP contribution in [0.4, 0.5) is 4.79 Å². The molecule has 2 fully saturated rings. The number of primary amides is 1. The minimum Gasteiger partial charge on any atom is -0.497 e. The lowest BCUT2D eigenvalue weighted by Gasteiger charge is -2.31. The Morgan fingerprint density at radius 2 is 1.80 bits per heavy atom. The first-order valence-electron chi connectivity index (χ1n) is 10.9. The molecule has 0 bridgehead atoms. The molecule has 2 saturated heterocycles. The maximum Gasteiger partial charge on any atom is 0.328 e. The van der Waals surface area contributed by atoms with Gasteiger partial charge in [0.25, 0.3) is 5.91 Å². The third-order valence-electron chi connectivity index (χ3n) is 6.40. The molecule has 3 atom stereocenters. The van der Waals surface area contributed by atoms with Crippen LogP contribution in [0, 0.1) is 5.92 Å². The second-order valence-electron chi connectivity index (χ2n) is 8.28. The minimum atomic E-state index is -1.13. The fraction of sp³-hybridized carbons (Fsp3) is 0.409. The van der Waals surface area contributed by atoms with Gasteiger partial charge in [0.2, 0.25) is 11.8 Å².